The smallest absolute Gasteiger partial charge is 0.309 e. The first-order chi connectivity index (χ1) is 22.6. The topological polar surface area (TPSA) is 44.8 Å². The summed E-state index contributed by atoms with van der Waals surface area (Å²) in [7, 11) is 0. The number of rotatable bonds is 11. The molecule has 0 saturated heterocycles. The number of allylic oxidation sites excluding steroid dienone is 2. The molecule has 0 N–H and O–H groups in total. The Kier molecular flexibility index (Phi) is 11.2. The van der Waals surface area contributed by atoms with Gasteiger partial charge in [-0.1, -0.05) is 31.6 Å². The summed E-state index contributed by atoms with van der Waals surface area (Å²) >= 11 is 0. The van der Waals surface area contributed by atoms with Crippen molar-refractivity contribution in [1.29, 1.82) is 0 Å². The first kappa shape index (κ1) is 34.4. The molecule has 1 saturated carbocycles. The molecule has 0 aromatic heterocycles. The summed E-state index contributed by atoms with van der Waals surface area (Å²) in [6, 6.07) is 7.91. The zero-order chi connectivity index (χ0) is 33.7. The minimum Gasteiger partial charge on any atom is -0.491 e. The number of hydrogen-bond donors (Lipinski definition) is 0. The van der Waals surface area contributed by atoms with Crippen molar-refractivity contribution in [3.8, 4) is 22.6 Å². The van der Waals surface area contributed by atoms with Crippen LogP contribution in [0.25, 0.3) is 16.7 Å². The zero-order valence-electron chi connectivity index (χ0n) is 26.5. The summed E-state index contributed by atoms with van der Waals surface area (Å²) < 4.78 is 105. The highest BCUT2D eigenvalue weighted by Gasteiger charge is 2.32. The summed E-state index contributed by atoms with van der Waals surface area (Å²) in [5, 5.41) is 0. The van der Waals surface area contributed by atoms with Gasteiger partial charge in [0.1, 0.15) is 6.10 Å². The Bertz CT molecular complexity index is 1630. The van der Waals surface area contributed by atoms with Gasteiger partial charge in [-0.25, -0.2) is 17.6 Å². The molecule has 1 fully saturated rings. The zero-order valence-corrected chi connectivity index (χ0v) is 26.5. The van der Waals surface area contributed by atoms with Crippen LogP contribution in [0.15, 0.2) is 42.5 Å². The molecule has 252 valence electrons. The lowest BCUT2D eigenvalue weighted by Gasteiger charge is -2.30. The summed E-state index contributed by atoms with van der Waals surface area (Å²) in [6.45, 7) is 4.01. The van der Waals surface area contributed by atoms with Gasteiger partial charge in [0.05, 0.1) is 19.1 Å². The second kappa shape index (κ2) is 15.3. The predicted molar refractivity (Wildman–Crippen MR) is 166 cm³/mol. The van der Waals surface area contributed by atoms with E-state index in [0.717, 1.165) is 18.9 Å². The van der Waals surface area contributed by atoms with Gasteiger partial charge in [0.2, 0.25) is 11.6 Å². The van der Waals surface area contributed by atoms with E-state index in [1.54, 1.807) is 13.0 Å². The Labute approximate surface area is 270 Å². The highest BCUT2D eigenvalue weighted by atomic mass is 19.2. The Balaban J connectivity index is 1.16. The van der Waals surface area contributed by atoms with Crippen molar-refractivity contribution in [1.82, 2.24) is 0 Å². The first-order valence-electron chi connectivity index (χ1n) is 16.2. The van der Waals surface area contributed by atoms with Crippen LogP contribution in [-0.4, -0.2) is 25.3 Å². The van der Waals surface area contributed by atoms with E-state index in [-0.39, 0.29) is 52.8 Å². The van der Waals surface area contributed by atoms with Crippen molar-refractivity contribution in [3.63, 3.8) is 0 Å². The molecule has 0 radical (unpaired) electrons. The lowest BCUT2D eigenvalue weighted by molar-refractivity contribution is -0.156. The van der Waals surface area contributed by atoms with Gasteiger partial charge in [-0.2, -0.15) is 8.78 Å². The number of halogens is 6. The molecule has 1 atom stereocenters. The highest BCUT2D eigenvalue weighted by molar-refractivity contribution is 5.76. The molecular weight excluding hydrogens is 622 g/mol. The molecule has 3 aromatic rings. The first-order valence-corrected chi connectivity index (χ1v) is 16.2. The second-order valence-electron chi connectivity index (χ2n) is 12.1. The molecule has 1 unspecified atom stereocenters. The molecule has 0 amide bonds. The molecule has 3 aromatic carbocycles. The molecule has 2 aliphatic carbocycles. The third kappa shape index (κ3) is 7.47. The quantitative estimate of drug-likeness (QED) is 0.117. The number of carbonyl (C=O) groups excluding carboxylic acids is 1. The van der Waals surface area contributed by atoms with Crippen LogP contribution in [0, 0.1) is 40.8 Å². The maximum Gasteiger partial charge on any atom is 0.309 e. The van der Waals surface area contributed by atoms with Gasteiger partial charge in [-0.15, -0.1) is 0 Å². The number of esters is 1. The fourth-order valence-electron chi connectivity index (χ4n) is 6.36. The van der Waals surface area contributed by atoms with Crippen LogP contribution in [0.2, 0.25) is 0 Å². The largest absolute Gasteiger partial charge is 0.491 e. The Morgan fingerprint density at radius 2 is 1.30 bits per heavy atom. The van der Waals surface area contributed by atoms with Crippen LogP contribution < -0.4 is 9.47 Å². The third-order valence-electron chi connectivity index (χ3n) is 9.04. The highest BCUT2D eigenvalue weighted by Crippen LogP contribution is 2.40. The molecule has 0 spiro atoms. The molecular formula is C37H38F6O4. The van der Waals surface area contributed by atoms with Crippen molar-refractivity contribution in [2.45, 2.75) is 83.7 Å². The monoisotopic (exact) mass is 660 g/mol. The van der Waals surface area contributed by atoms with Gasteiger partial charge in [0.15, 0.2) is 34.8 Å². The van der Waals surface area contributed by atoms with Crippen molar-refractivity contribution in [2.24, 2.45) is 5.92 Å². The van der Waals surface area contributed by atoms with Crippen LogP contribution in [0.3, 0.4) is 0 Å². The Hall–Kier alpha value is -3.95. The van der Waals surface area contributed by atoms with E-state index in [2.05, 4.69) is 0 Å². The van der Waals surface area contributed by atoms with Crippen LogP contribution in [0.5, 0.6) is 11.5 Å². The summed E-state index contributed by atoms with van der Waals surface area (Å²) in [5.41, 5.74) is 0.124. The van der Waals surface area contributed by atoms with E-state index >= 15 is 8.78 Å². The lowest BCUT2D eigenvalue weighted by atomic mass is 9.81. The van der Waals surface area contributed by atoms with E-state index in [9.17, 15) is 22.4 Å². The molecule has 4 nitrogen and oxygen atoms in total. The van der Waals surface area contributed by atoms with Crippen molar-refractivity contribution in [3.05, 3.63) is 88.5 Å². The standard InChI is InChI=1S/C37H38F6O4/c1-3-5-20-46-30-18-16-26(32(39)36(30)43)21-6-8-23(9-7-21)37(44)47-24-12-10-22(11-13-24)25-14-15-27(33(40)31(25)38)28-17-19-29(45-4-2)35(42)34(28)41/h6,14-19,22-24H,3-5,7-13,20H2,1-2H3. The number of unbranched alkanes of at least 4 members (excludes halogenated alkanes) is 1. The van der Waals surface area contributed by atoms with Gasteiger partial charge < -0.3 is 14.2 Å². The summed E-state index contributed by atoms with van der Waals surface area (Å²) in [6.07, 6.45) is 5.88. The third-order valence-corrected chi connectivity index (χ3v) is 9.04. The summed E-state index contributed by atoms with van der Waals surface area (Å²) in [5.74, 6) is -8.52. The molecule has 5 rings (SSSR count). The average molecular weight is 661 g/mol. The number of hydrogen-bond acceptors (Lipinski definition) is 4. The van der Waals surface area contributed by atoms with E-state index < -0.39 is 46.4 Å². The number of benzene rings is 3. The van der Waals surface area contributed by atoms with E-state index in [4.69, 9.17) is 14.2 Å². The van der Waals surface area contributed by atoms with Gasteiger partial charge >= 0.3 is 5.97 Å². The molecule has 0 heterocycles. The normalized spacial score (nSPS) is 19.7. The number of carbonyl (C=O) groups is 1. The van der Waals surface area contributed by atoms with Crippen molar-refractivity contribution < 1.29 is 45.3 Å². The second-order valence-corrected chi connectivity index (χ2v) is 12.1. The van der Waals surface area contributed by atoms with E-state index in [1.807, 2.05) is 6.92 Å². The van der Waals surface area contributed by atoms with Crippen molar-refractivity contribution in [2.75, 3.05) is 13.2 Å². The van der Waals surface area contributed by atoms with Crippen LogP contribution in [0.4, 0.5) is 26.3 Å². The molecule has 0 bridgehead atoms. The minimum absolute atomic E-state index is 0.116. The van der Waals surface area contributed by atoms with Crippen LogP contribution in [0.1, 0.15) is 88.7 Å². The molecule has 47 heavy (non-hydrogen) atoms. The fraction of sp³-hybridized carbons (Fsp3) is 0.432. The van der Waals surface area contributed by atoms with E-state index in [1.165, 1.54) is 30.3 Å². The lowest BCUT2D eigenvalue weighted by Crippen LogP contribution is -2.28. The molecule has 10 heteroatoms. The predicted octanol–water partition coefficient (Wildman–Crippen LogP) is 10.2. The van der Waals surface area contributed by atoms with E-state index in [0.29, 0.717) is 57.1 Å². The maximum atomic E-state index is 15.2. The average Bonchev–Trinajstić information content (AvgIpc) is 3.07. The Morgan fingerprint density at radius 1 is 0.702 bits per heavy atom. The SMILES string of the molecule is CCCCOc1ccc(C2=CCC(C(=O)OC3CCC(c4ccc(-c5ccc(OCC)c(F)c5F)c(F)c4F)CC3)CC2)c(F)c1F. The van der Waals surface area contributed by atoms with Crippen LogP contribution in [-0.2, 0) is 9.53 Å². The maximum absolute atomic E-state index is 15.2. The van der Waals surface area contributed by atoms with Gasteiger partial charge in [0, 0.05) is 16.7 Å². The molecule has 2 aliphatic rings. The fourth-order valence-corrected chi connectivity index (χ4v) is 6.36. The Morgan fingerprint density at radius 3 is 1.91 bits per heavy atom. The minimum atomic E-state index is -1.32. The van der Waals surface area contributed by atoms with Gasteiger partial charge in [0.25, 0.3) is 0 Å². The summed E-state index contributed by atoms with van der Waals surface area (Å²) in [4.78, 5) is 13.0. The van der Waals surface area contributed by atoms with Crippen molar-refractivity contribution >= 4 is 11.5 Å². The van der Waals surface area contributed by atoms with Gasteiger partial charge in [-0.3, -0.25) is 4.79 Å². The van der Waals surface area contributed by atoms with Gasteiger partial charge in [-0.05, 0) is 99.6 Å². The molecule has 0 aliphatic heterocycles. The van der Waals surface area contributed by atoms with Crippen LogP contribution >= 0.6 is 0 Å². The number of ether oxygens (including phenoxy) is 3.